The molecule has 0 saturated heterocycles. The van der Waals surface area contributed by atoms with Crippen molar-refractivity contribution in [2.75, 3.05) is 7.11 Å². The Balaban J connectivity index is 1.90. The molecule has 0 spiro atoms. The number of allylic oxidation sites excluding steroid dienone is 2. The Kier molecular flexibility index (Phi) is 5.75. The summed E-state index contributed by atoms with van der Waals surface area (Å²) in [5, 5.41) is 20.2. The highest BCUT2D eigenvalue weighted by molar-refractivity contribution is 5.25. The van der Waals surface area contributed by atoms with Gasteiger partial charge in [0.2, 0.25) is 6.04 Å². The summed E-state index contributed by atoms with van der Waals surface area (Å²) < 4.78 is 5.37. The first-order chi connectivity index (χ1) is 10.1. The fourth-order valence-electron chi connectivity index (χ4n) is 3.61. The second-order valence-corrected chi connectivity index (χ2v) is 6.30. The molecule has 2 aliphatic rings. The topological polar surface area (TPSA) is 76.2 Å². The SMILES string of the molecule is COC1CCC(/C=C(\C#N)C2CCC([N+](=O)[O-])CC2)CC1. The molecule has 2 fully saturated rings. The highest BCUT2D eigenvalue weighted by Gasteiger charge is 2.30. The van der Waals surface area contributed by atoms with Crippen LogP contribution in [0.2, 0.25) is 0 Å². The second kappa shape index (κ2) is 7.56. The zero-order chi connectivity index (χ0) is 15.2. The van der Waals surface area contributed by atoms with Crippen molar-refractivity contribution in [3.05, 3.63) is 21.8 Å². The molecule has 0 atom stereocenters. The van der Waals surface area contributed by atoms with E-state index in [9.17, 15) is 15.4 Å². The van der Waals surface area contributed by atoms with Crippen molar-refractivity contribution in [2.45, 2.75) is 63.5 Å². The maximum Gasteiger partial charge on any atom is 0.213 e. The predicted octanol–water partition coefficient (Wildman–Crippen LogP) is 3.48. The minimum absolute atomic E-state index is 0.169. The molecule has 0 aromatic rings. The van der Waals surface area contributed by atoms with Gasteiger partial charge < -0.3 is 4.74 Å². The highest BCUT2D eigenvalue weighted by atomic mass is 16.6. The molecular formula is C16H24N2O3. The van der Waals surface area contributed by atoms with Crippen LogP contribution < -0.4 is 0 Å². The number of nitrogens with zero attached hydrogens (tertiary/aromatic N) is 2. The van der Waals surface area contributed by atoms with E-state index >= 15 is 0 Å². The third-order valence-corrected chi connectivity index (χ3v) is 5.03. The minimum Gasteiger partial charge on any atom is -0.381 e. The van der Waals surface area contributed by atoms with Gasteiger partial charge in [-0.15, -0.1) is 0 Å². The predicted molar refractivity (Wildman–Crippen MR) is 79.2 cm³/mol. The van der Waals surface area contributed by atoms with Crippen LogP contribution in [-0.2, 0) is 4.74 Å². The fraction of sp³-hybridized carbons (Fsp3) is 0.812. The summed E-state index contributed by atoms with van der Waals surface area (Å²) in [6.07, 6.45) is 9.55. The van der Waals surface area contributed by atoms with Crippen molar-refractivity contribution in [1.29, 1.82) is 5.26 Å². The van der Waals surface area contributed by atoms with Gasteiger partial charge in [-0.3, -0.25) is 10.1 Å². The third kappa shape index (κ3) is 4.28. The van der Waals surface area contributed by atoms with Crippen LogP contribution in [0.15, 0.2) is 11.6 Å². The van der Waals surface area contributed by atoms with Crippen molar-refractivity contribution in [1.82, 2.24) is 0 Å². The van der Waals surface area contributed by atoms with E-state index < -0.39 is 6.04 Å². The van der Waals surface area contributed by atoms with E-state index in [1.165, 1.54) is 0 Å². The van der Waals surface area contributed by atoms with Crippen molar-refractivity contribution in [3.8, 4) is 6.07 Å². The van der Waals surface area contributed by atoms with Gasteiger partial charge in [-0.1, -0.05) is 6.08 Å². The Bertz CT molecular complexity index is 425. The lowest BCUT2D eigenvalue weighted by molar-refractivity contribution is -0.526. The number of methoxy groups -OCH3 is 1. The maximum absolute atomic E-state index is 10.8. The summed E-state index contributed by atoms with van der Waals surface area (Å²) in [5.74, 6) is 0.700. The number of hydrogen-bond acceptors (Lipinski definition) is 4. The summed E-state index contributed by atoms with van der Waals surface area (Å²) in [7, 11) is 1.76. The summed E-state index contributed by atoms with van der Waals surface area (Å²) in [6.45, 7) is 0. The van der Waals surface area contributed by atoms with Gasteiger partial charge in [0.25, 0.3) is 0 Å². The van der Waals surface area contributed by atoms with E-state index in [-0.39, 0.29) is 10.8 Å². The minimum atomic E-state index is -0.404. The molecule has 2 saturated carbocycles. The molecule has 0 bridgehead atoms. The van der Waals surface area contributed by atoms with Crippen LogP contribution in [0.4, 0.5) is 0 Å². The van der Waals surface area contributed by atoms with E-state index in [1.807, 2.05) is 0 Å². The zero-order valence-electron chi connectivity index (χ0n) is 12.7. The summed E-state index contributed by atoms with van der Waals surface area (Å²) >= 11 is 0. The van der Waals surface area contributed by atoms with Crippen LogP contribution in [-0.4, -0.2) is 24.2 Å². The van der Waals surface area contributed by atoms with Gasteiger partial charge in [-0.25, -0.2) is 0 Å². The van der Waals surface area contributed by atoms with E-state index in [4.69, 9.17) is 4.74 Å². The van der Waals surface area contributed by atoms with Gasteiger partial charge in [0, 0.05) is 30.4 Å². The molecule has 0 aliphatic heterocycles. The lowest BCUT2D eigenvalue weighted by Gasteiger charge is -2.28. The molecular weight excluding hydrogens is 268 g/mol. The molecule has 2 rings (SSSR count). The Morgan fingerprint density at radius 3 is 2.29 bits per heavy atom. The van der Waals surface area contributed by atoms with Gasteiger partial charge in [0.15, 0.2) is 0 Å². The molecule has 0 heterocycles. The maximum atomic E-state index is 10.8. The van der Waals surface area contributed by atoms with Crippen LogP contribution in [0.5, 0.6) is 0 Å². The van der Waals surface area contributed by atoms with Crippen LogP contribution in [0.3, 0.4) is 0 Å². The lowest BCUT2D eigenvalue weighted by Crippen LogP contribution is -2.27. The number of ether oxygens (including phenoxy) is 1. The highest BCUT2D eigenvalue weighted by Crippen LogP contribution is 2.34. The Morgan fingerprint density at radius 2 is 1.81 bits per heavy atom. The van der Waals surface area contributed by atoms with Gasteiger partial charge >= 0.3 is 0 Å². The molecule has 5 heteroatoms. The zero-order valence-corrected chi connectivity index (χ0v) is 12.7. The normalized spacial score (nSPS) is 34.2. The van der Waals surface area contributed by atoms with E-state index in [2.05, 4.69) is 12.1 Å². The fourth-order valence-corrected chi connectivity index (χ4v) is 3.61. The number of nitro groups is 1. The van der Waals surface area contributed by atoms with Gasteiger partial charge in [0.1, 0.15) is 0 Å². The largest absolute Gasteiger partial charge is 0.381 e. The quantitative estimate of drug-likeness (QED) is 0.451. The molecule has 21 heavy (non-hydrogen) atoms. The number of rotatable bonds is 4. The van der Waals surface area contributed by atoms with Gasteiger partial charge in [-0.2, -0.15) is 5.26 Å². The molecule has 2 aliphatic carbocycles. The van der Waals surface area contributed by atoms with Crippen molar-refractivity contribution in [3.63, 3.8) is 0 Å². The lowest BCUT2D eigenvalue weighted by atomic mass is 9.79. The van der Waals surface area contributed by atoms with E-state index in [0.29, 0.717) is 24.9 Å². The van der Waals surface area contributed by atoms with Crippen molar-refractivity contribution in [2.24, 2.45) is 11.8 Å². The average molecular weight is 292 g/mol. The Hall–Kier alpha value is -1.41. The Morgan fingerprint density at radius 1 is 1.19 bits per heavy atom. The van der Waals surface area contributed by atoms with Crippen LogP contribution in [0.25, 0.3) is 0 Å². The average Bonchev–Trinajstić information content (AvgIpc) is 2.53. The second-order valence-electron chi connectivity index (χ2n) is 6.30. The van der Waals surface area contributed by atoms with Crippen LogP contribution in [0, 0.1) is 33.3 Å². The van der Waals surface area contributed by atoms with Gasteiger partial charge in [-0.05, 0) is 50.4 Å². The molecule has 0 unspecified atom stereocenters. The molecule has 5 nitrogen and oxygen atoms in total. The monoisotopic (exact) mass is 292 g/mol. The number of nitriles is 1. The molecule has 0 radical (unpaired) electrons. The van der Waals surface area contributed by atoms with Crippen LogP contribution in [0.1, 0.15) is 51.4 Å². The van der Waals surface area contributed by atoms with E-state index in [0.717, 1.165) is 44.1 Å². The summed E-state index contributed by atoms with van der Waals surface area (Å²) in [4.78, 5) is 10.6. The van der Waals surface area contributed by atoms with Gasteiger partial charge in [0.05, 0.1) is 12.2 Å². The molecule has 116 valence electrons. The van der Waals surface area contributed by atoms with Crippen molar-refractivity contribution < 1.29 is 9.66 Å². The molecule has 0 aromatic carbocycles. The van der Waals surface area contributed by atoms with Crippen molar-refractivity contribution >= 4 is 0 Å². The first-order valence-corrected chi connectivity index (χ1v) is 7.92. The smallest absolute Gasteiger partial charge is 0.213 e. The summed E-state index contributed by atoms with van der Waals surface area (Å²) in [6, 6.07) is 1.94. The summed E-state index contributed by atoms with van der Waals surface area (Å²) in [5.41, 5.74) is 0.859. The Labute approximate surface area is 126 Å². The molecule has 0 aromatic heterocycles. The first-order valence-electron chi connectivity index (χ1n) is 7.92. The molecule has 0 amide bonds. The first kappa shape index (κ1) is 16.0. The standard InChI is InChI=1S/C16H24N2O3/c1-21-16-8-2-12(3-9-16)10-14(11-17)13-4-6-15(7-5-13)18(19)20/h10,12-13,15-16H,2-9H2,1H3/b14-10+. The van der Waals surface area contributed by atoms with Crippen LogP contribution >= 0.6 is 0 Å². The third-order valence-electron chi connectivity index (χ3n) is 5.03. The number of hydrogen-bond donors (Lipinski definition) is 0. The van der Waals surface area contributed by atoms with E-state index in [1.54, 1.807) is 7.11 Å². The molecule has 0 N–H and O–H groups in total.